The molecule has 1 saturated heterocycles. The molecular weight excluding hydrogens is 336 g/mol. The number of benzene rings is 2. The molecule has 0 bridgehead atoms. The Balaban J connectivity index is 1.66. The van der Waals surface area contributed by atoms with Crippen LogP contribution in [0.3, 0.4) is 0 Å². The van der Waals surface area contributed by atoms with Gasteiger partial charge in [-0.3, -0.25) is 9.88 Å². The fourth-order valence-electron chi connectivity index (χ4n) is 3.66. The Morgan fingerprint density at radius 1 is 0.889 bits per heavy atom. The van der Waals surface area contributed by atoms with Gasteiger partial charge in [-0.05, 0) is 46.5 Å². The molecule has 4 heteroatoms. The molecule has 1 fully saturated rings. The molecule has 2 heterocycles. The van der Waals surface area contributed by atoms with Crippen molar-refractivity contribution in [1.82, 2.24) is 9.88 Å². The second-order valence-corrected chi connectivity index (χ2v) is 6.69. The van der Waals surface area contributed by atoms with Gasteiger partial charge in [0.1, 0.15) is 5.75 Å². The Hall–Kier alpha value is -2.69. The standard InChI is InChI=1S/C23H24N2O2/c1-26-22-4-2-3-21(17-22)18-5-7-19(8-6-18)23(20-9-11-24-12-10-20)25-13-15-27-16-14-25/h2-12,17,23H,13-16H2,1H3. The van der Waals surface area contributed by atoms with Gasteiger partial charge < -0.3 is 9.47 Å². The quantitative estimate of drug-likeness (QED) is 0.684. The molecule has 0 saturated carbocycles. The highest BCUT2D eigenvalue weighted by atomic mass is 16.5. The highest BCUT2D eigenvalue weighted by molar-refractivity contribution is 5.65. The van der Waals surface area contributed by atoms with Gasteiger partial charge in [0.2, 0.25) is 0 Å². The molecule has 1 atom stereocenters. The number of rotatable bonds is 5. The van der Waals surface area contributed by atoms with Crippen molar-refractivity contribution in [2.24, 2.45) is 0 Å². The summed E-state index contributed by atoms with van der Waals surface area (Å²) in [6, 6.07) is 21.5. The summed E-state index contributed by atoms with van der Waals surface area (Å²) in [4.78, 5) is 6.67. The molecule has 27 heavy (non-hydrogen) atoms. The van der Waals surface area contributed by atoms with Crippen LogP contribution in [-0.4, -0.2) is 43.3 Å². The van der Waals surface area contributed by atoms with Crippen LogP contribution >= 0.6 is 0 Å². The molecule has 0 radical (unpaired) electrons. The number of pyridine rings is 1. The molecule has 3 aromatic rings. The molecule has 0 N–H and O–H groups in total. The first-order valence-electron chi connectivity index (χ1n) is 9.31. The average Bonchev–Trinajstić information content (AvgIpc) is 2.76. The maximum Gasteiger partial charge on any atom is 0.119 e. The van der Waals surface area contributed by atoms with E-state index < -0.39 is 0 Å². The maximum absolute atomic E-state index is 5.55. The van der Waals surface area contributed by atoms with E-state index >= 15 is 0 Å². The van der Waals surface area contributed by atoms with Crippen molar-refractivity contribution in [2.75, 3.05) is 33.4 Å². The third-order valence-electron chi connectivity index (χ3n) is 5.06. The van der Waals surface area contributed by atoms with Gasteiger partial charge in [-0.1, -0.05) is 36.4 Å². The lowest BCUT2D eigenvalue weighted by Gasteiger charge is -2.35. The fraction of sp³-hybridized carbons (Fsp3) is 0.261. The van der Waals surface area contributed by atoms with Crippen molar-refractivity contribution >= 4 is 0 Å². The van der Waals surface area contributed by atoms with Gasteiger partial charge in [0, 0.05) is 25.5 Å². The Kier molecular flexibility index (Phi) is 5.47. The number of aromatic nitrogens is 1. The SMILES string of the molecule is COc1cccc(-c2ccc(C(c3ccncc3)N3CCOCC3)cc2)c1. The van der Waals surface area contributed by atoms with Crippen LogP contribution in [0.25, 0.3) is 11.1 Å². The molecule has 1 unspecified atom stereocenters. The van der Waals surface area contributed by atoms with Crippen molar-refractivity contribution in [3.8, 4) is 16.9 Å². The van der Waals surface area contributed by atoms with Crippen molar-refractivity contribution in [3.05, 3.63) is 84.2 Å². The molecule has 1 aliphatic rings. The first-order valence-corrected chi connectivity index (χ1v) is 9.31. The van der Waals surface area contributed by atoms with E-state index in [0.29, 0.717) is 0 Å². The summed E-state index contributed by atoms with van der Waals surface area (Å²) < 4.78 is 10.9. The number of nitrogens with zero attached hydrogens (tertiary/aromatic N) is 2. The molecule has 0 amide bonds. The largest absolute Gasteiger partial charge is 0.497 e. The minimum absolute atomic E-state index is 0.219. The van der Waals surface area contributed by atoms with Crippen LogP contribution < -0.4 is 4.74 Å². The lowest BCUT2D eigenvalue weighted by molar-refractivity contribution is 0.0239. The van der Waals surface area contributed by atoms with Gasteiger partial charge in [0.15, 0.2) is 0 Å². The Morgan fingerprint density at radius 2 is 1.59 bits per heavy atom. The van der Waals surface area contributed by atoms with Crippen LogP contribution in [0.4, 0.5) is 0 Å². The van der Waals surface area contributed by atoms with Crippen LogP contribution in [0, 0.1) is 0 Å². The zero-order chi connectivity index (χ0) is 18.5. The zero-order valence-corrected chi connectivity index (χ0v) is 15.5. The summed E-state index contributed by atoms with van der Waals surface area (Å²) in [7, 11) is 1.70. The van der Waals surface area contributed by atoms with Crippen molar-refractivity contribution in [2.45, 2.75) is 6.04 Å². The summed E-state index contributed by atoms with van der Waals surface area (Å²) in [5.74, 6) is 0.875. The van der Waals surface area contributed by atoms with Crippen LogP contribution in [0.1, 0.15) is 17.2 Å². The van der Waals surface area contributed by atoms with E-state index in [2.05, 4.69) is 58.4 Å². The van der Waals surface area contributed by atoms with E-state index in [1.165, 1.54) is 16.7 Å². The number of hydrogen-bond acceptors (Lipinski definition) is 4. The number of morpholine rings is 1. The van der Waals surface area contributed by atoms with Gasteiger partial charge >= 0.3 is 0 Å². The minimum atomic E-state index is 0.219. The predicted molar refractivity (Wildman–Crippen MR) is 107 cm³/mol. The topological polar surface area (TPSA) is 34.6 Å². The Bertz CT molecular complexity index is 859. The maximum atomic E-state index is 5.55. The van der Waals surface area contributed by atoms with Gasteiger partial charge in [0.05, 0.1) is 26.4 Å². The van der Waals surface area contributed by atoms with Crippen LogP contribution in [0.2, 0.25) is 0 Å². The van der Waals surface area contributed by atoms with Crippen molar-refractivity contribution in [1.29, 1.82) is 0 Å². The lowest BCUT2D eigenvalue weighted by atomic mass is 9.95. The van der Waals surface area contributed by atoms with Gasteiger partial charge in [-0.15, -0.1) is 0 Å². The number of hydrogen-bond donors (Lipinski definition) is 0. The molecule has 1 aromatic heterocycles. The van der Waals surface area contributed by atoms with E-state index in [0.717, 1.165) is 37.6 Å². The molecule has 4 nitrogen and oxygen atoms in total. The van der Waals surface area contributed by atoms with Crippen LogP contribution in [0.15, 0.2) is 73.1 Å². The third-order valence-corrected chi connectivity index (χ3v) is 5.06. The van der Waals surface area contributed by atoms with E-state index in [4.69, 9.17) is 9.47 Å². The van der Waals surface area contributed by atoms with E-state index in [1.54, 1.807) is 7.11 Å². The number of ether oxygens (including phenoxy) is 2. The summed E-state index contributed by atoms with van der Waals surface area (Å²) in [5, 5.41) is 0. The third kappa shape index (κ3) is 4.02. The fourth-order valence-corrected chi connectivity index (χ4v) is 3.66. The monoisotopic (exact) mass is 360 g/mol. The molecule has 0 aliphatic carbocycles. The lowest BCUT2D eigenvalue weighted by Crippen LogP contribution is -2.39. The van der Waals surface area contributed by atoms with Gasteiger partial charge in [0.25, 0.3) is 0 Å². The van der Waals surface area contributed by atoms with E-state index in [9.17, 15) is 0 Å². The molecule has 4 rings (SSSR count). The molecular formula is C23H24N2O2. The minimum Gasteiger partial charge on any atom is -0.497 e. The highest BCUT2D eigenvalue weighted by Gasteiger charge is 2.24. The van der Waals surface area contributed by atoms with Crippen LogP contribution in [-0.2, 0) is 4.74 Å². The zero-order valence-electron chi connectivity index (χ0n) is 15.5. The molecule has 138 valence electrons. The Labute approximate surface area is 160 Å². The highest BCUT2D eigenvalue weighted by Crippen LogP contribution is 2.31. The second kappa shape index (κ2) is 8.33. The van der Waals surface area contributed by atoms with Crippen molar-refractivity contribution < 1.29 is 9.47 Å². The van der Waals surface area contributed by atoms with Gasteiger partial charge in [-0.25, -0.2) is 0 Å². The molecule has 1 aliphatic heterocycles. The predicted octanol–water partition coefficient (Wildman–Crippen LogP) is 4.18. The Morgan fingerprint density at radius 3 is 2.30 bits per heavy atom. The summed E-state index contributed by atoms with van der Waals surface area (Å²) in [5.41, 5.74) is 4.90. The summed E-state index contributed by atoms with van der Waals surface area (Å²) in [6.45, 7) is 3.43. The van der Waals surface area contributed by atoms with Crippen molar-refractivity contribution in [3.63, 3.8) is 0 Å². The molecule has 0 spiro atoms. The smallest absolute Gasteiger partial charge is 0.119 e. The summed E-state index contributed by atoms with van der Waals surface area (Å²) >= 11 is 0. The summed E-state index contributed by atoms with van der Waals surface area (Å²) in [6.07, 6.45) is 3.74. The molecule has 2 aromatic carbocycles. The average molecular weight is 360 g/mol. The van der Waals surface area contributed by atoms with Crippen LogP contribution in [0.5, 0.6) is 5.75 Å². The first kappa shape index (κ1) is 17.7. The first-order chi connectivity index (χ1) is 13.3. The van der Waals surface area contributed by atoms with E-state index in [-0.39, 0.29) is 6.04 Å². The van der Waals surface area contributed by atoms with E-state index in [1.807, 2.05) is 24.5 Å². The van der Waals surface area contributed by atoms with Gasteiger partial charge in [-0.2, -0.15) is 0 Å². The number of methoxy groups -OCH3 is 1. The normalized spacial score (nSPS) is 16.0. The second-order valence-electron chi connectivity index (χ2n) is 6.69.